The fraction of sp³-hybridized carbons (Fsp3) is 0.235. The van der Waals surface area contributed by atoms with Crippen LogP contribution in [0.4, 0.5) is 0 Å². The van der Waals surface area contributed by atoms with Gasteiger partial charge in [0.15, 0.2) is 10.5 Å². The SMILES string of the molecule is Brc1ccc(CN2CCc3nc(-c4cccnc4)ncc3C2)o1. The third kappa shape index (κ3) is 3.18. The summed E-state index contributed by atoms with van der Waals surface area (Å²) in [5, 5.41) is 0. The maximum atomic E-state index is 5.59. The second-order valence-corrected chi connectivity index (χ2v) is 6.36. The van der Waals surface area contributed by atoms with Crippen molar-refractivity contribution in [3.05, 3.63) is 64.5 Å². The number of hydrogen-bond donors (Lipinski definition) is 0. The molecule has 4 rings (SSSR count). The van der Waals surface area contributed by atoms with Gasteiger partial charge < -0.3 is 4.42 Å². The van der Waals surface area contributed by atoms with E-state index in [0.717, 1.165) is 53.6 Å². The zero-order chi connectivity index (χ0) is 15.6. The summed E-state index contributed by atoms with van der Waals surface area (Å²) in [6.07, 6.45) is 6.42. The van der Waals surface area contributed by atoms with Gasteiger partial charge in [-0.05, 0) is 40.2 Å². The number of halogens is 1. The van der Waals surface area contributed by atoms with Gasteiger partial charge in [-0.15, -0.1) is 0 Å². The molecule has 0 N–H and O–H groups in total. The third-order valence-electron chi connectivity index (χ3n) is 3.94. The topological polar surface area (TPSA) is 55.1 Å². The number of rotatable bonds is 3. The van der Waals surface area contributed by atoms with E-state index < -0.39 is 0 Å². The summed E-state index contributed by atoms with van der Waals surface area (Å²) in [5.41, 5.74) is 3.28. The molecule has 1 aliphatic heterocycles. The molecule has 0 aliphatic carbocycles. The first-order valence-corrected chi connectivity index (χ1v) is 8.29. The minimum Gasteiger partial charge on any atom is -0.453 e. The van der Waals surface area contributed by atoms with Crippen molar-refractivity contribution in [2.24, 2.45) is 0 Å². The van der Waals surface area contributed by atoms with Crippen LogP contribution in [-0.2, 0) is 19.5 Å². The normalized spacial score (nSPS) is 14.7. The molecule has 0 fully saturated rings. The van der Waals surface area contributed by atoms with E-state index in [-0.39, 0.29) is 0 Å². The van der Waals surface area contributed by atoms with Crippen LogP contribution in [0.25, 0.3) is 11.4 Å². The van der Waals surface area contributed by atoms with Crippen LogP contribution in [0.5, 0.6) is 0 Å². The molecule has 0 aromatic carbocycles. The lowest BCUT2D eigenvalue weighted by atomic mass is 10.1. The molecule has 4 heterocycles. The molecule has 6 heteroatoms. The Bertz CT molecular complexity index is 818. The molecule has 116 valence electrons. The Hall–Kier alpha value is -2.05. The molecule has 1 aliphatic rings. The third-order valence-corrected chi connectivity index (χ3v) is 4.37. The van der Waals surface area contributed by atoms with Crippen LogP contribution in [-0.4, -0.2) is 26.4 Å². The highest BCUT2D eigenvalue weighted by Crippen LogP contribution is 2.23. The highest BCUT2D eigenvalue weighted by Gasteiger charge is 2.19. The Labute approximate surface area is 142 Å². The Morgan fingerprint density at radius 2 is 2.17 bits per heavy atom. The first-order valence-electron chi connectivity index (χ1n) is 7.50. The first-order chi connectivity index (χ1) is 11.3. The lowest BCUT2D eigenvalue weighted by Gasteiger charge is -2.27. The molecule has 0 saturated heterocycles. The number of hydrogen-bond acceptors (Lipinski definition) is 5. The number of fused-ring (bicyclic) bond motifs is 1. The van der Waals surface area contributed by atoms with Gasteiger partial charge >= 0.3 is 0 Å². The molecule has 0 unspecified atom stereocenters. The zero-order valence-electron chi connectivity index (χ0n) is 12.4. The summed E-state index contributed by atoms with van der Waals surface area (Å²) in [5.74, 6) is 1.72. The first kappa shape index (κ1) is 14.5. The van der Waals surface area contributed by atoms with Crippen LogP contribution in [0.1, 0.15) is 17.0 Å². The second-order valence-electron chi connectivity index (χ2n) is 5.57. The van der Waals surface area contributed by atoms with Gasteiger partial charge in [-0.25, -0.2) is 9.97 Å². The lowest BCUT2D eigenvalue weighted by Crippen LogP contribution is -2.30. The van der Waals surface area contributed by atoms with Crippen molar-refractivity contribution in [2.45, 2.75) is 19.5 Å². The van der Waals surface area contributed by atoms with Gasteiger partial charge in [0.05, 0.1) is 12.2 Å². The molecule has 3 aromatic rings. The van der Waals surface area contributed by atoms with Gasteiger partial charge in [-0.1, -0.05) is 0 Å². The van der Waals surface area contributed by atoms with Gasteiger partial charge in [-0.2, -0.15) is 0 Å². The highest BCUT2D eigenvalue weighted by atomic mass is 79.9. The summed E-state index contributed by atoms with van der Waals surface area (Å²) < 4.78 is 6.36. The van der Waals surface area contributed by atoms with Crippen LogP contribution >= 0.6 is 15.9 Å². The van der Waals surface area contributed by atoms with E-state index in [1.54, 1.807) is 12.4 Å². The van der Waals surface area contributed by atoms with Crippen molar-refractivity contribution in [3.63, 3.8) is 0 Å². The van der Waals surface area contributed by atoms with Crippen molar-refractivity contribution in [1.82, 2.24) is 19.9 Å². The summed E-state index contributed by atoms with van der Waals surface area (Å²) in [4.78, 5) is 15.7. The van der Waals surface area contributed by atoms with Gasteiger partial charge in [0.2, 0.25) is 0 Å². The average molecular weight is 371 g/mol. The van der Waals surface area contributed by atoms with E-state index in [2.05, 4.69) is 30.8 Å². The smallest absolute Gasteiger partial charge is 0.169 e. The molecule has 0 bridgehead atoms. The Morgan fingerprint density at radius 3 is 2.96 bits per heavy atom. The van der Waals surface area contributed by atoms with Crippen molar-refractivity contribution in [1.29, 1.82) is 0 Å². The van der Waals surface area contributed by atoms with Crippen LogP contribution in [0.15, 0.2) is 51.9 Å². The summed E-state index contributed by atoms with van der Waals surface area (Å²) in [6, 6.07) is 7.82. The number of pyridine rings is 1. The van der Waals surface area contributed by atoms with E-state index in [1.807, 2.05) is 30.5 Å². The van der Waals surface area contributed by atoms with E-state index in [1.165, 1.54) is 5.56 Å². The van der Waals surface area contributed by atoms with Crippen molar-refractivity contribution in [3.8, 4) is 11.4 Å². The maximum Gasteiger partial charge on any atom is 0.169 e. The number of nitrogens with zero attached hydrogens (tertiary/aromatic N) is 4. The largest absolute Gasteiger partial charge is 0.453 e. The molecular weight excluding hydrogens is 356 g/mol. The maximum absolute atomic E-state index is 5.59. The molecule has 23 heavy (non-hydrogen) atoms. The monoisotopic (exact) mass is 370 g/mol. The van der Waals surface area contributed by atoms with Crippen LogP contribution in [0.2, 0.25) is 0 Å². The Balaban J connectivity index is 1.52. The second kappa shape index (κ2) is 6.22. The Kier molecular flexibility index (Phi) is 3.93. The average Bonchev–Trinajstić information content (AvgIpc) is 3.00. The number of aromatic nitrogens is 3. The van der Waals surface area contributed by atoms with Crippen molar-refractivity contribution < 1.29 is 4.42 Å². The minimum absolute atomic E-state index is 0.750. The van der Waals surface area contributed by atoms with Gasteiger partial charge in [0.1, 0.15) is 5.76 Å². The highest BCUT2D eigenvalue weighted by molar-refractivity contribution is 9.10. The van der Waals surface area contributed by atoms with E-state index in [0.29, 0.717) is 0 Å². The quantitative estimate of drug-likeness (QED) is 0.706. The molecule has 5 nitrogen and oxygen atoms in total. The fourth-order valence-corrected chi connectivity index (χ4v) is 3.14. The molecular formula is C17H15BrN4O. The predicted octanol–water partition coefficient (Wildman–Crippen LogP) is 3.45. The summed E-state index contributed by atoms with van der Waals surface area (Å²) in [6.45, 7) is 2.62. The summed E-state index contributed by atoms with van der Waals surface area (Å²) >= 11 is 3.34. The van der Waals surface area contributed by atoms with Gasteiger partial charge in [-0.3, -0.25) is 9.88 Å². The van der Waals surface area contributed by atoms with Crippen LogP contribution in [0.3, 0.4) is 0 Å². The molecule has 0 spiro atoms. The fourth-order valence-electron chi connectivity index (χ4n) is 2.80. The molecule has 0 atom stereocenters. The van der Waals surface area contributed by atoms with E-state index >= 15 is 0 Å². The Morgan fingerprint density at radius 1 is 1.22 bits per heavy atom. The molecule has 0 radical (unpaired) electrons. The van der Waals surface area contributed by atoms with Crippen LogP contribution < -0.4 is 0 Å². The van der Waals surface area contributed by atoms with E-state index in [9.17, 15) is 0 Å². The zero-order valence-corrected chi connectivity index (χ0v) is 14.0. The minimum atomic E-state index is 0.750. The van der Waals surface area contributed by atoms with Crippen molar-refractivity contribution in [2.75, 3.05) is 6.54 Å². The lowest BCUT2D eigenvalue weighted by molar-refractivity contribution is 0.222. The standard InChI is InChI=1S/C17H15BrN4O/c18-16-4-3-14(23-16)11-22-7-5-15-13(10-22)9-20-17(21-15)12-2-1-6-19-8-12/h1-4,6,8-9H,5,7,10-11H2. The molecule has 0 saturated carbocycles. The molecule has 0 amide bonds. The van der Waals surface area contributed by atoms with Gasteiger partial charge in [0, 0.05) is 49.2 Å². The van der Waals surface area contributed by atoms with E-state index in [4.69, 9.17) is 9.40 Å². The molecule has 3 aromatic heterocycles. The van der Waals surface area contributed by atoms with Crippen molar-refractivity contribution >= 4 is 15.9 Å². The number of furan rings is 1. The summed E-state index contributed by atoms with van der Waals surface area (Å²) in [7, 11) is 0. The van der Waals surface area contributed by atoms with Crippen LogP contribution in [0, 0.1) is 0 Å². The van der Waals surface area contributed by atoms with Gasteiger partial charge in [0.25, 0.3) is 0 Å². The predicted molar refractivity (Wildman–Crippen MR) is 89.5 cm³/mol.